The van der Waals surface area contributed by atoms with E-state index in [2.05, 4.69) is 20.5 Å². The monoisotopic (exact) mass is 556 g/mol. The highest BCUT2D eigenvalue weighted by Crippen LogP contribution is 2.21. The molecule has 1 heterocycles. The van der Waals surface area contributed by atoms with E-state index in [1.807, 2.05) is 49.4 Å². The Morgan fingerprint density at radius 3 is 2.44 bits per heavy atom. The van der Waals surface area contributed by atoms with Crippen LogP contribution in [0.25, 0.3) is 0 Å². The lowest BCUT2D eigenvalue weighted by Crippen LogP contribution is -2.46. The highest BCUT2D eigenvalue weighted by Gasteiger charge is 2.23. The Labute approximate surface area is 207 Å². The molecule has 1 aliphatic rings. The van der Waals surface area contributed by atoms with Gasteiger partial charge in [-0.25, -0.2) is 4.39 Å². The standard InChI is InChI=1S/C24H33FN4O2.HI/c1-2-26-24(27-17-22(30)16-19-6-4-3-5-7-19)28-18-23(29-12-14-31-15-13-29)20-8-10-21(25)11-9-20;/h3-11,22-23,30H,2,12-18H2,1H3,(H2,26,27,28);1H. The number of rotatable bonds is 9. The summed E-state index contributed by atoms with van der Waals surface area (Å²) in [5.74, 6) is 0.426. The third-order valence-corrected chi connectivity index (χ3v) is 5.32. The van der Waals surface area contributed by atoms with Crippen molar-refractivity contribution in [2.45, 2.75) is 25.5 Å². The van der Waals surface area contributed by atoms with E-state index in [-0.39, 0.29) is 35.8 Å². The minimum atomic E-state index is -0.551. The van der Waals surface area contributed by atoms with Crippen molar-refractivity contribution in [2.24, 2.45) is 4.99 Å². The van der Waals surface area contributed by atoms with Crippen LogP contribution in [0.4, 0.5) is 4.39 Å². The summed E-state index contributed by atoms with van der Waals surface area (Å²) in [6, 6.07) is 16.7. The second kappa shape index (κ2) is 14.4. The third-order valence-electron chi connectivity index (χ3n) is 5.32. The van der Waals surface area contributed by atoms with E-state index in [1.165, 1.54) is 12.1 Å². The largest absolute Gasteiger partial charge is 0.391 e. The summed E-state index contributed by atoms with van der Waals surface area (Å²) in [6.07, 6.45) is 0.0143. The van der Waals surface area contributed by atoms with Gasteiger partial charge < -0.3 is 20.5 Å². The lowest BCUT2D eigenvalue weighted by atomic mass is 10.0. The number of guanidine groups is 1. The average molecular weight is 556 g/mol. The van der Waals surface area contributed by atoms with E-state index in [1.54, 1.807) is 0 Å². The molecule has 8 heteroatoms. The highest BCUT2D eigenvalue weighted by atomic mass is 127. The van der Waals surface area contributed by atoms with Crippen LogP contribution in [0, 0.1) is 5.82 Å². The van der Waals surface area contributed by atoms with Crippen molar-refractivity contribution in [1.29, 1.82) is 0 Å². The number of morpholine rings is 1. The summed E-state index contributed by atoms with van der Waals surface area (Å²) in [5, 5.41) is 17.0. The summed E-state index contributed by atoms with van der Waals surface area (Å²) in [7, 11) is 0. The zero-order valence-electron chi connectivity index (χ0n) is 18.5. The first-order valence-electron chi connectivity index (χ1n) is 11.0. The smallest absolute Gasteiger partial charge is 0.191 e. The molecule has 3 N–H and O–H groups in total. The van der Waals surface area contributed by atoms with Gasteiger partial charge in [0, 0.05) is 32.6 Å². The van der Waals surface area contributed by atoms with Gasteiger partial charge in [-0.15, -0.1) is 24.0 Å². The average Bonchev–Trinajstić information content (AvgIpc) is 2.80. The molecule has 176 valence electrons. The van der Waals surface area contributed by atoms with E-state index in [0.29, 0.717) is 38.7 Å². The Kier molecular flexibility index (Phi) is 11.9. The Morgan fingerprint density at radius 1 is 1.09 bits per heavy atom. The molecule has 0 aromatic heterocycles. The van der Waals surface area contributed by atoms with Crippen LogP contribution in [0.5, 0.6) is 0 Å². The SMILES string of the molecule is CCNC(=NCC(O)Cc1ccccc1)NCC(c1ccc(F)cc1)N1CCOCC1.I. The summed E-state index contributed by atoms with van der Waals surface area (Å²) < 4.78 is 18.9. The summed E-state index contributed by atoms with van der Waals surface area (Å²) in [5.41, 5.74) is 2.14. The second-order valence-electron chi connectivity index (χ2n) is 7.66. The molecule has 32 heavy (non-hydrogen) atoms. The van der Waals surface area contributed by atoms with Crippen molar-refractivity contribution in [2.75, 3.05) is 45.9 Å². The number of nitrogens with zero attached hydrogens (tertiary/aromatic N) is 2. The van der Waals surface area contributed by atoms with Gasteiger partial charge >= 0.3 is 0 Å². The Morgan fingerprint density at radius 2 is 1.78 bits per heavy atom. The van der Waals surface area contributed by atoms with Gasteiger partial charge in [0.1, 0.15) is 5.82 Å². The predicted octanol–water partition coefficient (Wildman–Crippen LogP) is 2.98. The zero-order chi connectivity index (χ0) is 21.9. The fourth-order valence-corrected chi connectivity index (χ4v) is 3.71. The van der Waals surface area contributed by atoms with E-state index in [0.717, 1.165) is 30.8 Å². The first-order valence-corrected chi connectivity index (χ1v) is 11.0. The molecule has 0 bridgehead atoms. The molecule has 1 aliphatic heterocycles. The van der Waals surface area contributed by atoms with Crippen LogP contribution in [0.3, 0.4) is 0 Å². The van der Waals surface area contributed by atoms with Gasteiger partial charge in [-0.05, 0) is 30.2 Å². The van der Waals surface area contributed by atoms with Crippen LogP contribution in [0.15, 0.2) is 59.6 Å². The summed E-state index contributed by atoms with van der Waals surface area (Å²) >= 11 is 0. The maximum Gasteiger partial charge on any atom is 0.191 e. The molecule has 3 rings (SSSR count). The molecule has 0 amide bonds. The maximum atomic E-state index is 13.4. The first-order chi connectivity index (χ1) is 15.2. The van der Waals surface area contributed by atoms with Gasteiger partial charge in [0.25, 0.3) is 0 Å². The normalized spacial score (nSPS) is 16.7. The fraction of sp³-hybridized carbons (Fsp3) is 0.458. The molecule has 2 unspecified atom stereocenters. The number of aliphatic hydroxyl groups excluding tert-OH is 1. The summed E-state index contributed by atoms with van der Waals surface area (Å²) in [4.78, 5) is 6.92. The number of hydrogen-bond acceptors (Lipinski definition) is 4. The maximum absolute atomic E-state index is 13.4. The Bertz CT molecular complexity index is 801. The molecule has 2 aromatic carbocycles. The number of aliphatic hydroxyl groups is 1. The van der Waals surface area contributed by atoms with Crippen molar-refractivity contribution in [3.63, 3.8) is 0 Å². The van der Waals surface area contributed by atoms with E-state index >= 15 is 0 Å². The van der Waals surface area contributed by atoms with Crippen LogP contribution in [-0.2, 0) is 11.2 Å². The number of aliphatic imine (C=N–C) groups is 1. The minimum absolute atomic E-state index is 0. The van der Waals surface area contributed by atoms with E-state index in [4.69, 9.17) is 4.74 Å². The van der Waals surface area contributed by atoms with Crippen molar-refractivity contribution < 1.29 is 14.2 Å². The van der Waals surface area contributed by atoms with E-state index < -0.39 is 6.10 Å². The molecule has 0 saturated carbocycles. The van der Waals surface area contributed by atoms with Crippen molar-refractivity contribution in [3.05, 3.63) is 71.5 Å². The molecule has 0 spiro atoms. The minimum Gasteiger partial charge on any atom is -0.391 e. The predicted molar refractivity (Wildman–Crippen MR) is 137 cm³/mol. The lowest BCUT2D eigenvalue weighted by Gasteiger charge is -2.35. The molecule has 1 fully saturated rings. The van der Waals surface area contributed by atoms with Gasteiger partial charge in [0.15, 0.2) is 5.96 Å². The molecule has 0 radical (unpaired) electrons. The number of benzene rings is 2. The molecule has 1 saturated heterocycles. The fourth-order valence-electron chi connectivity index (χ4n) is 3.71. The van der Waals surface area contributed by atoms with Crippen molar-refractivity contribution in [3.8, 4) is 0 Å². The number of ether oxygens (including phenoxy) is 1. The van der Waals surface area contributed by atoms with Gasteiger partial charge in [0.2, 0.25) is 0 Å². The number of nitrogens with one attached hydrogen (secondary N) is 2. The van der Waals surface area contributed by atoms with Crippen LogP contribution in [0.1, 0.15) is 24.1 Å². The van der Waals surface area contributed by atoms with Crippen LogP contribution < -0.4 is 10.6 Å². The molecule has 6 nitrogen and oxygen atoms in total. The highest BCUT2D eigenvalue weighted by molar-refractivity contribution is 14.0. The van der Waals surface area contributed by atoms with Crippen molar-refractivity contribution in [1.82, 2.24) is 15.5 Å². The Balaban J connectivity index is 0.00000363. The second-order valence-corrected chi connectivity index (χ2v) is 7.66. The summed E-state index contributed by atoms with van der Waals surface area (Å²) in [6.45, 7) is 6.70. The van der Waals surface area contributed by atoms with Crippen LogP contribution in [0.2, 0.25) is 0 Å². The Hall–Kier alpha value is -1.75. The van der Waals surface area contributed by atoms with E-state index in [9.17, 15) is 9.50 Å². The zero-order valence-corrected chi connectivity index (χ0v) is 20.9. The molecule has 2 aromatic rings. The van der Waals surface area contributed by atoms with Crippen molar-refractivity contribution >= 4 is 29.9 Å². The van der Waals surface area contributed by atoms with Gasteiger partial charge in [-0.2, -0.15) is 0 Å². The first kappa shape index (κ1) is 26.5. The van der Waals surface area contributed by atoms with Gasteiger partial charge in [-0.3, -0.25) is 9.89 Å². The topological polar surface area (TPSA) is 69.1 Å². The molecule has 2 atom stereocenters. The third kappa shape index (κ3) is 8.65. The van der Waals surface area contributed by atoms with Crippen LogP contribution >= 0.6 is 24.0 Å². The quantitative estimate of drug-likeness (QED) is 0.252. The molecular weight excluding hydrogens is 522 g/mol. The molecular formula is C24H34FIN4O2. The molecule has 0 aliphatic carbocycles. The van der Waals surface area contributed by atoms with Crippen LogP contribution in [-0.4, -0.2) is 68.0 Å². The lowest BCUT2D eigenvalue weighted by molar-refractivity contribution is 0.0170. The number of hydrogen-bond donors (Lipinski definition) is 3. The van der Waals surface area contributed by atoms with Gasteiger partial charge in [-0.1, -0.05) is 42.5 Å². The van der Waals surface area contributed by atoms with Gasteiger partial charge in [0.05, 0.1) is 31.9 Å². The number of halogens is 2.